The zero-order valence-corrected chi connectivity index (χ0v) is 15.2. The fourth-order valence-corrected chi connectivity index (χ4v) is 3.84. The summed E-state index contributed by atoms with van der Waals surface area (Å²) in [6.07, 6.45) is 7.33. The van der Waals surface area contributed by atoms with Gasteiger partial charge in [-0.25, -0.2) is 0 Å². The van der Waals surface area contributed by atoms with Crippen LogP contribution in [0.4, 0.5) is 5.69 Å². The van der Waals surface area contributed by atoms with Crippen molar-refractivity contribution < 1.29 is 14.3 Å². The molecule has 0 radical (unpaired) electrons. The van der Waals surface area contributed by atoms with E-state index in [4.69, 9.17) is 9.47 Å². The van der Waals surface area contributed by atoms with E-state index in [9.17, 15) is 4.79 Å². The zero-order chi connectivity index (χ0) is 17.5. The molecule has 1 heterocycles. The fraction of sp³-hybridized carbons (Fsp3) is 0.650. The van der Waals surface area contributed by atoms with Crippen LogP contribution < -0.4 is 15.0 Å². The Balaban J connectivity index is 1.38. The Morgan fingerprint density at radius 1 is 1.20 bits per heavy atom. The van der Waals surface area contributed by atoms with Crippen LogP contribution in [-0.4, -0.2) is 45.4 Å². The minimum atomic E-state index is 0.0151. The number of nitrogens with zero attached hydrogens (tertiary/aromatic N) is 1. The summed E-state index contributed by atoms with van der Waals surface area (Å²) < 4.78 is 11.2. The molecule has 1 saturated heterocycles. The third-order valence-electron chi connectivity index (χ3n) is 5.30. The normalized spacial score (nSPS) is 21.3. The summed E-state index contributed by atoms with van der Waals surface area (Å²) in [6, 6.07) is 8.11. The van der Waals surface area contributed by atoms with E-state index in [-0.39, 0.29) is 18.6 Å². The second kappa shape index (κ2) is 9.09. The Bertz CT molecular complexity index is 558. The van der Waals surface area contributed by atoms with Crippen molar-refractivity contribution in [2.75, 3.05) is 38.3 Å². The number of carbonyl (C=O) groups is 1. The number of para-hydroxylation sites is 2. The first kappa shape index (κ1) is 18.1. The standard InChI is InChI=1S/C20H30N2O3/c1-24-19-10-6-5-9-18(19)22-12-11-16(14-22)13-21-20(23)15-25-17-7-3-2-4-8-17/h5-6,9-10,16-17H,2-4,7-8,11-15H2,1H3,(H,21,23)/t16-/m0/s1. The van der Waals surface area contributed by atoms with Crippen molar-refractivity contribution >= 4 is 11.6 Å². The van der Waals surface area contributed by atoms with Crippen molar-refractivity contribution in [2.45, 2.75) is 44.6 Å². The minimum Gasteiger partial charge on any atom is -0.495 e. The van der Waals surface area contributed by atoms with E-state index in [1.165, 1.54) is 19.3 Å². The van der Waals surface area contributed by atoms with Crippen molar-refractivity contribution in [1.29, 1.82) is 0 Å². The van der Waals surface area contributed by atoms with Crippen LogP contribution in [0.5, 0.6) is 5.75 Å². The number of methoxy groups -OCH3 is 1. The molecule has 5 heteroatoms. The minimum absolute atomic E-state index is 0.0151. The zero-order valence-electron chi connectivity index (χ0n) is 15.2. The van der Waals surface area contributed by atoms with Gasteiger partial charge in [0.15, 0.2) is 0 Å². The van der Waals surface area contributed by atoms with E-state index in [1.54, 1.807) is 7.11 Å². The highest BCUT2D eigenvalue weighted by Crippen LogP contribution is 2.31. The molecule has 1 aliphatic heterocycles. The molecule has 1 N–H and O–H groups in total. The molecule has 3 rings (SSSR count). The molecule has 5 nitrogen and oxygen atoms in total. The van der Waals surface area contributed by atoms with Crippen molar-refractivity contribution in [3.8, 4) is 5.75 Å². The first-order chi connectivity index (χ1) is 12.3. The number of rotatable bonds is 7. The van der Waals surface area contributed by atoms with Crippen LogP contribution in [0.25, 0.3) is 0 Å². The van der Waals surface area contributed by atoms with Gasteiger partial charge >= 0.3 is 0 Å². The van der Waals surface area contributed by atoms with E-state index in [0.717, 1.165) is 50.3 Å². The van der Waals surface area contributed by atoms with Gasteiger partial charge in [-0.1, -0.05) is 31.4 Å². The average molecular weight is 346 g/mol. The molecule has 1 aliphatic carbocycles. The first-order valence-electron chi connectivity index (χ1n) is 9.52. The highest BCUT2D eigenvalue weighted by molar-refractivity contribution is 5.77. The van der Waals surface area contributed by atoms with Gasteiger partial charge in [0.1, 0.15) is 12.4 Å². The van der Waals surface area contributed by atoms with Crippen LogP contribution in [0.3, 0.4) is 0 Å². The smallest absolute Gasteiger partial charge is 0.246 e. The molecule has 0 spiro atoms. The molecule has 2 fully saturated rings. The number of ether oxygens (including phenoxy) is 2. The summed E-state index contributed by atoms with van der Waals surface area (Å²) in [5.41, 5.74) is 1.14. The maximum absolute atomic E-state index is 12.0. The maximum atomic E-state index is 12.0. The van der Waals surface area contributed by atoms with Crippen LogP contribution in [0.15, 0.2) is 24.3 Å². The van der Waals surface area contributed by atoms with Crippen LogP contribution in [0.2, 0.25) is 0 Å². The molecule has 0 aromatic heterocycles. The van der Waals surface area contributed by atoms with E-state index in [0.29, 0.717) is 5.92 Å². The summed E-state index contributed by atoms with van der Waals surface area (Å²) in [6.45, 7) is 2.87. The molecule has 0 unspecified atom stereocenters. The summed E-state index contributed by atoms with van der Waals surface area (Å²) >= 11 is 0. The van der Waals surface area contributed by atoms with E-state index in [1.807, 2.05) is 18.2 Å². The molecular formula is C20H30N2O3. The van der Waals surface area contributed by atoms with Gasteiger partial charge in [0, 0.05) is 19.6 Å². The van der Waals surface area contributed by atoms with Gasteiger partial charge in [0.25, 0.3) is 0 Å². The molecule has 1 aromatic rings. The van der Waals surface area contributed by atoms with Gasteiger partial charge in [-0.15, -0.1) is 0 Å². The Labute approximate surface area is 150 Å². The number of carbonyl (C=O) groups excluding carboxylic acids is 1. The quantitative estimate of drug-likeness (QED) is 0.825. The van der Waals surface area contributed by atoms with Crippen molar-refractivity contribution in [2.24, 2.45) is 5.92 Å². The lowest BCUT2D eigenvalue weighted by atomic mass is 9.98. The third kappa shape index (κ3) is 5.11. The van der Waals surface area contributed by atoms with Gasteiger partial charge in [-0.05, 0) is 37.3 Å². The molecule has 1 atom stereocenters. The second-order valence-electron chi connectivity index (χ2n) is 7.15. The Morgan fingerprint density at radius 2 is 2.00 bits per heavy atom. The highest BCUT2D eigenvalue weighted by Gasteiger charge is 2.25. The Kier molecular flexibility index (Phi) is 6.56. The number of hydrogen-bond donors (Lipinski definition) is 1. The van der Waals surface area contributed by atoms with Crippen molar-refractivity contribution in [3.63, 3.8) is 0 Å². The molecule has 25 heavy (non-hydrogen) atoms. The molecule has 2 aliphatic rings. The van der Waals surface area contributed by atoms with Crippen molar-refractivity contribution in [3.05, 3.63) is 24.3 Å². The van der Waals surface area contributed by atoms with Gasteiger partial charge in [0.2, 0.25) is 5.91 Å². The highest BCUT2D eigenvalue weighted by atomic mass is 16.5. The molecule has 1 amide bonds. The second-order valence-corrected chi connectivity index (χ2v) is 7.15. The lowest BCUT2D eigenvalue weighted by molar-refractivity contribution is -0.128. The average Bonchev–Trinajstić information content (AvgIpc) is 3.14. The summed E-state index contributed by atoms with van der Waals surface area (Å²) in [5, 5.41) is 3.04. The first-order valence-corrected chi connectivity index (χ1v) is 9.52. The largest absolute Gasteiger partial charge is 0.495 e. The van der Waals surface area contributed by atoms with Gasteiger partial charge in [0.05, 0.1) is 18.9 Å². The number of anilines is 1. The summed E-state index contributed by atoms with van der Waals surface area (Å²) in [4.78, 5) is 14.4. The predicted molar refractivity (Wildman–Crippen MR) is 99.1 cm³/mol. The SMILES string of the molecule is COc1ccccc1N1CC[C@@H](CNC(=O)COC2CCCCC2)C1. The third-order valence-corrected chi connectivity index (χ3v) is 5.30. The van der Waals surface area contributed by atoms with Gasteiger partial charge in [-0.2, -0.15) is 0 Å². The fourth-order valence-electron chi connectivity index (χ4n) is 3.84. The number of amides is 1. The lowest BCUT2D eigenvalue weighted by Crippen LogP contribution is -2.34. The molecule has 1 aromatic carbocycles. The van der Waals surface area contributed by atoms with Crippen molar-refractivity contribution in [1.82, 2.24) is 5.32 Å². The van der Waals surface area contributed by atoms with Gasteiger partial charge in [-0.3, -0.25) is 4.79 Å². The van der Waals surface area contributed by atoms with E-state index >= 15 is 0 Å². The maximum Gasteiger partial charge on any atom is 0.246 e. The number of hydrogen-bond acceptors (Lipinski definition) is 4. The summed E-state index contributed by atoms with van der Waals surface area (Å²) in [7, 11) is 1.71. The van der Waals surface area contributed by atoms with Gasteiger partial charge < -0.3 is 19.7 Å². The Morgan fingerprint density at radius 3 is 2.80 bits per heavy atom. The predicted octanol–water partition coefficient (Wildman–Crippen LogP) is 2.99. The summed E-state index contributed by atoms with van der Waals surface area (Å²) in [5.74, 6) is 1.40. The van der Waals surface area contributed by atoms with Crippen LogP contribution in [0.1, 0.15) is 38.5 Å². The van der Waals surface area contributed by atoms with Crippen LogP contribution in [0, 0.1) is 5.92 Å². The monoisotopic (exact) mass is 346 g/mol. The molecule has 1 saturated carbocycles. The van der Waals surface area contributed by atoms with E-state index in [2.05, 4.69) is 16.3 Å². The van der Waals surface area contributed by atoms with E-state index < -0.39 is 0 Å². The Hall–Kier alpha value is -1.75. The number of benzene rings is 1. The molecular weight excluding hydrogens is 316 g/mol. The molecule has 138 valence electrons. The van der Waals surface area contributed by atoms with Crippen LogP contribution in [-0.2, 0) is 9.53 Å². The topological polar surface area (TPSA) is 50.8 Å². The van der Waals surface area contributed by atoms with Crippen LogP contribution >= 0.6 is 0 Å². The number of nitrogens with one attached hydrogen (secondary N) is 1. The lowest BCUT2D eigenvalue weighted by Gasteiger charge is -2.22. The molecule has 0 bridgehead atoms.